The molecule has 25 N–H and O–H groups in total. The molecule has 4 amide bonds. The van der Waals surface area contributed by atoms with E-state index in [-0.39, 0.29) is 169 Å². The number of carbonyl (C=O) groups is 10. The van der Waals surface area contributed by atoms with Crippen molar-refractivity contribution in [3.05, 3.63) is 153 Å². The normalized spacial score (nSPS) is 12.3. The summed E-state index contributed by atoms with van der Waals surface area (Å²) in [4.78, 5) is 142. The van der Waals surface area contributed by atoms with Crippen LogP contribution in [0, 0.1) is 21.6 Å². The van der Waals surface area contributed by atoms with E-state index >= 15 is 0 Å². The summed E-state index contributed by atoms with van der Waals surface area (Å²) in [5.41, 5.74) is 30.2. The molecule has 0 fully saturated rings. The molecular weight excluding hydrogens is 1370 g/mol. The van der Waals surface area contributed by atoms with Crippen molar-refractivity contribution >= 4 is 93.4 Å². The number of para-hydroxylation sites is 1. The molecule has 5 aromatic carbocycles. The first kappa shape index (κ1) is 82.3. The molecule has 0 aliphatic carbocycles. The van der Waals surface area contributed by atoms with Crippen molar-refractivity contribution in [2.24, 2.45) is 28.7 Å². The van der Waals surface area contributed by atoms with Gasteiger partial charge in [-0.2, -0.15) is 0 Å². The molecule has 0 saturated carbocycles. The number of carboxylic acids is 2. The van der Waals surface area contributed by atoms with E-state index in [0.29, 0.717) is 30.5 Å². The molecule has 5 atom stereocenters. The van der Waals surface area contributed by atoms with E-state index in [9.17, 15) is 58.2 Å². The summed E-state index contributed by atoms with van der Waals surface area (Å²) >= 11 is 0. The number of hydrogen-bond acceptors (Lipinski definition) is 19. The van der Waals surface area contributed by atoms with Gasteiger partial charge in [0.15, 0.2) is 53.6 Å². The zero-order valence-electron chi connectivity index (χ0n) is 58.9. The predicted octanol–water partition coefficient (Wildman–Crippen LogP) is 1.31. The number of hydrogen-bond donors (Lipinski definition) is 20. The zero-order chi connectivity index (χ0) is 77.6. The maximum Gasteiger partial charge on any atom is 0.341 e. The molecule has 0 bridgehead atoms. The van der Waals surface area contributed by atoms with Gasteiger partial charge in [0.1, 0.15) is 29.0 Å². The molecule has 0 spiro atoms. The zero-order valence-corrected chi connectivity index (χ0v) is 58.9. The molecule has 6 aromatic rings. The number of rotatable bonds is 45. The Labute approximate surface area is 610 Å². The lowest BCUT2D eigenvalue weighted by atomic mass is 9.96. The highest BCUT2D eigenvalue weighted by Crippen LogP contribution is 2.28. The van der Waals surface area contributed by atoms with E-state index in [2.05, 4.69) is 47.5 Å². The lowest BCUT2D eigenvalue weighted by Crippen LogP contribution is -2.43. The number of ketones is 4. The van der Waals surface area contributed by atoms with Crippen molar-refractivity contribution in [2.45, 2.75) is 114 Å². The van der Waals surface area contributed by atoms with Crippen molar-refractivity contribution in [1.82, 2.24) is 47.5 Å². The van der Waals surface area contributed by atoms with Crippen molar-refractivity contribution in [1.29, 1.82) is 21.6 Å². The van der Waals surface area contributed by atoms with Crippen LogP contribution in [-0.2, 0) is 60.9 Å². The SMILES string of the molecule is COc1ccc(CC(=O)[C@@H](CCCNC(=N)N)NC(=O)c2cc(CC(=O)[C@@H](CCCNC(=N)N)NC(=O)c3cc(CC(=O)[C@@H](CCCNC(=N)N)NC(=O)c4cc(CC(=O)[C@H](N)CCCNC(=N)N)ccc4OC)ccc3OC)ccc2OCC(=O)O)cc1C(=O)N[C@H](Cc1c[nH]c2ccccc12)C(=O)O. The van der Waals surface area contributed by atoms with E-state index in [0.717, 1.165) is 10.9 Å². The van der Waals surface area contributed by atoms with Crippen LogP contribution in [0.4, 0.5) is 0 Å². The fourth-order valence-corrected chi connectivity index (χ4v) is 11.5. The van der Waals surface area contributed by atoms with Gasteiger partial charge >= 0.3 is 11.9 Å². The topological polar surface area (TPSA) is 586 Å². The summed E-state index contributed by atoms with van der Waals surface area (Å²) in [6, 6.07) is 18.3. The fraction of sp³-hybridized carbons (Fsp3) is 0.361. The average molecular weight is 1470 g/mol. The smallest absolute Gasteiger partial charge is 0.341 e. The second-order valence-electron chi connectivity index (χ2n) is 24.7. The van der Waals surface area contributed by atoms with Gasteiger partial charge in [-0.3, -0.25) is 60.0 Å². The van der Waals surface area contributed by atoms with Gasteiger partial charge < -0.3 is 105 Å². The number of H-pyrrole nitrogens is 1. The number of methoxy groups -OCH3 is 3. The maximum absolute atomic E-state index is 14.7. The Morgan fingerprint density at radius 1 is 0.443 bits per heavy atom. The number of aliphatic carboxylic acids is 2. The van der Waals surface area contributed by atoms with Gasteiger partial charge in [-0.1, -0.05) is 42.5 Å². The number of carboxylic acid groups (broad SMARTS) is 2. The number of Topliss-reactive ketones (excluding diaryl/α,β-unsaturated/α-hetero) is 4. The Morgan fingerprint density at radius 3 is 1.12 bits per heavy atom. The number of nitrogens with two attached hydrogens (primary N) is 5. The lowest BCUT2D eigenvalue weighted by Gasteiger charge is -2.21. The Balaban J connectivity index is 1.23. The molecule has 0 unspecified atom stereocenters. The van der Waals surface area contributed by atoms with Crippen LogP contribution in [-0.4, -0.2) is 182 Å². The largest absolute Gasteiger partial charge is 0.496 e. The molecule has 0 saturated heterocycles. The van der Waals surface area contributed by atoms with Crippen LogP contribution in [0.3, 0.4) is 0 Å². The van der Waals surface area contributed by atoms with E-state index in [1.165, 1.54) is 88.1 Å². The number of amides is 4. The highest BCUT2D eigenvalue weighted by atomic mass is 16.5. The van der Waals surface area contributed by atoms with Crippen molar-refractivity contribution in [2.75, 3.05) is 54.1 Å². The molecule has 0 aliphatic heterocycles. The molecular formula is C72H92N18O16. The van der Waals surface area contributed by atoms with Gasteiger partial charge in [-0.15, -0.1) is 0 Å². The van der Waals surface area contributed by atoms with Crippen LogP contribution in [0.5, 0.6) is 23.0 Å². The summed E-state index contributed by atoms with van der Waals surface area (Å²) in [7, 11) is 3.95. The van der Waals surface area contributed by atoms with E-state index < -0.39 is 103 Å². The van der Waals surface area contributed by atoms with Crippen molar-refractivity contribution < 1.29 is 77.1 Å². The maximum atomic E-state index is 14.7. The van der Waals surface area contributed by atoms with E-state index in [1.54, 1.807) is 18.3 Å². The van der Waals surface area contributed by atoms with E-state index in [4.69, 9.17) is 69.3 Å². The number of benzene rings is 5. The highest BCUT2D eigenvalue weighted by molar-refractivity contribution is 6.04. The fourth-order valence-electron chi connectivity index (χ4n) is 11.5. The van der Waals surface area contributed by atoms with Crippen LogP contribution in [0.2, 0.25) is 0 Å². The minimum absolute atomic E-state index is 0.00747. The Bertz CT molecular complexity index is 4220. The first-order valence-electron chi connectivity index (χ1n) is 33.8. The third kappa shape index (κ3) is 25.7. The van der Waals surface area contributed by atoms with Crippen LogP contribution in [0.25, 0.3) is 10.9 Å². The summed E-state index contributed by atoms with van der Waals surface area (Å²) < 4.78 is 22.1. The van der Waals surface area contributed by atoms with Gasteiger partial charge in [0.25, 0.3) is 23.6 Å². The molecule has 106 heavy (non-hydrogen) atoms. The number of guanidine groups is 4. The molecule has 34 nitrogen and oxygen atoms in total. The highest BCUT2D eigenvalue weighted by Gasteiger charge is 2.31. The number of aromatic nitrogens is 1. The van der Waals surface area contributed by atoms with Gasteiger partial charge in [0.05, 0.1) is 67.8 Å². The Morgan fingerprint density at radius 2 is 0.774 bits per heavy atom. The molecule has 6 rings (SSSR count). The van der Waals surface area contributed by atoms with Crippen LogP contribution in [0.15, 0.2) is 103 Å². The first-order chi connectivity index (χ1) is 50.6. The molecule has 0 aliphatic rings. The summed E-state index contributed by atoms with van der Waals surface area (Å²) in [6.07, 6.45) is 1.47. The first-order valence-corrected chi connectivity index (χ1v) is 33.8. The molecule has 1 heterocycles. The van der Waals surface area contributed by atoms with Crippen LogP contribution in [0.1, 0.15) is 121 Å². The number of fused-ring (bicyclic) bond motifs is 1. The summed E-state index contributed by atoms with van der Waals surface area (Å²) in [5.74, 6) is -9.35. The standard InChI is InChI=1S/C72H92N18O16/c1-103-59-20-16-39(32-55(91)49(73)11-6-24-82-69(74)75)28-45(59)64(97)87-51(13-7-25-83-70(76)77)56(92)33-40-17-21-60(104-2)46(29-40)65(98)88-52(14-8-26-84-71(78)79)58(94)35-42-19-23-62(106-38-63(95)96)48(31-42)67(100)89-53(15-9-27-85-72(80)81)57(93)34-41-18-22-61(105-3)47(30-41)66(99)90-54(68(101)102)36-43-37-86-50-12-5-4-10-44(43)50/h4-5,10,12,16-23,28-31,37,49,51-54,86H,6-9,11,13-15,24-27,32-36,38,73H2,1-3H3,(H,87,97)(H,88,98)(H,89,100)(H,90,99)(H,95,96)(H,101,102)(H4,74,75,82)(H4,76,77,83)(H4,78,79,84)(H4,80,81,85)/t49-,51-,52-,53-,54-/m1/s1. The summed E-state index contributed by atoms with van der Waals surface area (Å²) in [5, 5.41) is 72.4. The van der Waals surface area contributed by atoms with Gasteiger partial charge in [-0.25, -0.2) is 9.59 Å². The van der Waals surface area contributed by atoms with Gasteiger partial charge in [-0.05, 0) is 134 Å². The van der Waals surface area contributed by atoms with Crippen LogP contribution < -0.4 is 90.2 Å². The quantitative estimate of drug-likeness (QED) is 0.0146. The van der Waals surface area contributed by atoms with Crippen molar-refractivity contribution in [3.63, 3.8) is 0 Å². The van der Waals surface area contributed by atoms with Gasteiger partial charge in [0, 0.05) is 75.4 Å². The molecule has 0 radical (unpaired) electrons. The van der Waals surface area contributed by atoms with Gasteiger partial charge in [0.2, 0.25) is 0 Å². The number of carbonyl (C=O) groups excluding carboxylic acids is 8. The molecule has 1 aromatic heterocycles. The minimum Gasteiger partial charge on any atom is -0.496 e. The predicted molar refractivity (Wildman–Crippen MR) is 393 cm³/mol. The average Bonchev–Trinajstić information content (AvgIpc) is 1.57. The number of ether oxygens (including phenoxy) is 4. The number of aromatic amines is 1. The Hall–Kier alpha value is -12.6. The lowest BCUT2D eigenvalue weighted by molar-refractivity contribution is -0.140. The van der Waals surface area contributed by atoms with Crippen LogP contribution >= 0.6 is 0 Å². The Kier molecular flexibility index (Phi) is 31.7. The molecule has 566 valence electrons. The second-order valence-corrected chi connectivity index (χ2v) is 24.7. The minimum atomic E-state index is -1.41. The monoisotopic (exact) mass is 1460 g/mol. The number of nitrogens with one attached hydrogen (secondary N) is 13. The molecule has 34 heteroatoms. The third-order valence-electron chi connectivity index (χ3n) is 16.8. The second kappa shape index (κ2) is 40.9. The summed E-state index contributed by atoms with van der Waals surface area (Å²) in [6.45, 7) is -0.243. The van der Waals surface area contributed by atoms with Crippen molar-refractivity contribution in [3.8, 4) is 23.0 Å². The van der Waals surface area contributed by atoms with E-state index in [1.807, 2.05) is 18.2 Å². The third-order valence-corrected chi connectivity index (χ3v) is 16.8.